The van der Waals surface area contributed by atoms with E-state index in [1.807, 2.05) is 13.8 Å². The average molecular weight is 292 g/mol. The fourth-order valence-corrected chi connectivity index (χ4v) is 3.39. The van der Waals surface area contributed by atoms with Gasteiger partial charge in [-0.2, -0.15) is 0 Å². The van der Waals surface area contributed by atoms with Crippen molar-refractivity contribution in [1.82, 2.24) is 4.72 Å². The van der Waals surface area contributed by atoms with Gasteiger partial charge in [0.15, 0.2) is 0 Å². The van der Waals surface area contributed by atoms with Gasteiger partial charge in [0, 0.05) is 11.1 Å². The third-order valence-electron chi connectivity index (χ3n) is 2.49. The van der Waals surface area contributed by atoms with Crippen molar-refractivity contribution in [3.05, 3.63) is 23.2 Å². The molecule has 0 aromatic heterocycles. The van der Waals surface area contributed by atoms with Crippen molar-refractivity contribution in [2.45, 2.75) is 37.6 Å². The summed E-state index contributed by atoms with van der Waals surface area (Å²) >= 11 is 5.83. The molecule has 0 saturated carbocycles. The smallest absolute Gasteiger partial charge is 0.244 e. The van der Waals surface area contributed by atoms with Gasteiger partial charge in [0.1, 0.15) is 10.6 Å². The molecule has 0 unspecified atom stereocenters. The Morgan fingerprint density at radius 3 is 2.67 bits per heavy atom. The van der Waals surface area contributed by atoms with E-state index in [1.54, 1.807) is 12.1 Å². The molecule has 0 aliphatic rings. The van der Waals surface area contributed by atoms with Crippen LogP contribution in [0.2, 0.25) is 5.02 Å². The van der Waals surface area contributed by atoms with Gasteiger partial charge in [0.05, 0.1) is 7.11 Å². The molecule has 0 radical (unpaired) electrons. The second-order valence-electron chi connectivity index (χ2n) is 4.11. The second-order valence-corrected chi connectivity index (χ2v) is 6.23. The Bertz CT molecular complexity index is 502. The van der Waals surface area contributed by atoms with Crippen LogP contribution in [0.4, 0.5) is 0 Å². The molecule has 1 N–H and O–H groups in total. The molecule has 0 aliphatic heterocycles. The first-order chi connectivity index (χ1) is 8.40. The van der Waals surface area contributed by atoms with E-state index >= 15 is 0 Å². The zero-order valence-electron chi connectivity index (χ0n) is 10.7. The van der Waals surface area contributed by atoms with Crippen LogP contribution in [0, 0.1) is 0 Å². The number of ether oxygens (including phenoxy) is 1. The number of halogens is 1. The van der Waals surface area contributed by atoms with E-state index in [2.05, 4.69) is 4.72 Å². The standard InChI is InChI=1S/C12H18ClNO3S/c1-4-5-9(2)14-18(15,16)12-8-10(13)6-7-11(12)17-3/h6-9,14H,4-5H2,1-3H3/t9-/m0/s1. The van der Waals surface area contributed by atoms with Crippen LogP contribution < -0.4 is 9.46 Å². The fourth-order valence-electron chi connectivity index (χ4n) is 1.68. The van der Waals surface area contributed by atoms with Gasteiger partial charge in [-0.15, -0.1) is 0 Å². The van der Waals surface area contributed by atoms with E-state index in [0.717, 1.165) is 12.8 Å². The lowest BCUT2D eigenvalue weighted by atomic mass is 10.2. The van der Waals surface area contributed by atoms with E-state index in [-0.39, 0.29) is 16.7 Å². The van der Waals surface area contributed by atoms with Crippen LogP contribution in [0.5, 0.6) is 5.75 Å². The summed E-state index contributed by atoms with van der Waals surface area (Å²) in [6, 6.07) is 4.40. The van der Waals surface area contributed by atoms with E-state index in [9.17, 15) is 8.42 Å². The maximum absolute atomic E-state index is 12.2. The summed E-state index contributed by atoms with van der Waals surface area (Å²) in [5, 5.41) is 0.360. The van der Waals surface area contributed by atoms with E-state index < -0.39 is 10.0 Å². The van der Waals surface area contributed by atoms with Crippen LogP contribution in [-0.4, -0.2) is 21.6 Å². The molecule has 0 heterocycles. The fraction of sp³-hybridized carbons (Fsp3) is 0.500. The molecule has 0 saturated heterocycles. The van der Waals surface area contributed by atoms with E-state index in [4.69, 9.17) is 16.3 Å². The highest BCUT2D eigenvalue weighted by atomic mass is 35.5. The first-order valence-corrected chi connectivity index (χ1v) is 7.62. The molecular weight excluding hydrogens is 274 g/mol. The number of benzene rings is 1. The molecule has 0 aliphatic carbocycles. The third-order valence-corrected chi connectivity index (χ3v) is 4.34. The number of hydrogen-bond donors (Lipinski definition) is 1. The highest BCUT2D eigenvalue weighted by molar-refractivity contribution is 7.89. The Labute approximate surface area is 113 Å². The Morgan fingerprint density at radius 1 is 1.44 bits per heavy atom. The normalized spacial score (nSPS) is 13.3. The second kappa shape index (κ2) is 6.41. The van der Waals surface area contributed by atoms with Crippen LogP contribution in [0.25, 0.3) is 0 Å². The molecule has 0 spiro atoms. The molecular formula is C12H18ClNO3S. The molecule has 1 aromatic rings. The third kappa shape index (κ3) is 3.86. The van der Waals surface area contributed by atoms with E-state index in [0.29, 0.717) is 5.02 Å². The minimum atomic E-state index is -3.61. The van der Waals surface area contributed by atoms with Gasteiger partial charge in [0.25, 0.3) is 0 Å². The molecule has 4 nitrogen and oxygen atoms in total. The molecule has 1 atom stereocenters. The average Bonchev–Trinajstić information content (AvgIpc) is 2.28. The monoisotopic (exact) mass is 291 g/mol. The first kappa shape index (κ1) is 15.3. The van der Waals surface area contributed by atoms with Gasteiger partial charge in [0.2, 0.25) is 10.0 Å². The largest absolute Gasteiger partial charge is 0.495 e. The van der Waals surface area contributed by atoms with Crippen molar-refractivity contribution < 1.29 is 13.2 Å². The number of nitrogens with one attached hydrogen (secondary N) is 1. The van der Waals surface area contributed by atoms with Crippen LogP contribution in [0.15, 0.2) is 23.1 Å². The van der Waals surface area contributed by atoms with Crippen molar-refractivity contribution in [1.29, 1.82) is 0 Å². The highest BCUT2D eigenvalue weighted by Gasteiger charge is 2.21. The highest BCUT2D eigenvalue weighted by Crippen LogP contribution is 2.27. The predicted molar refractivity (Wildman–Crippen MR) is 72.7 cm³/mol. The Kier molecular flexibility index (Phi) is 5.44. The van der Waals surface area contributed by atoms with Crippen molar-refractivity contribution in [3.8, 4) is 5.75 Å². The molecule has 18 heavy (non-hydrogen) atoms. The Balaban J connectivity index is 3.07. The molecule has 1 rings (SSSR count). The molecule has 0 bridgehead atoms. The summed E-state index contributed by atoms with van der Waals surface area (Å²) in [4.78, 5) is 0.0699. The maximum atomic E-state index is 12.2. The Hall–Kier alpha value is -0.780. The number of sulfonamides is 1. The summed E-state index contributed by atoms with van der Waals surface area (Å²) in [7, 11) is -2.18. The number of methoxy groups -OCH3 is 1. The summed E-state index contributed by atoms with van der Waals surface area (Å²) in [6.45, 7) is 3.84. The van der Waals surface area contributed by atoms with Crippen molar-refractivity contribution >= 4 is 21.6 Å². The molecule has 6 heteroatoms. The van der Waals surface area contributed by atoms with Crippen molar-refractivity contribution in [3.63, 3.8) is 0 Å². The maximum Gasteiger partial charge on any atom is 0.244 e. The van der Waals surface area contributed by atoms with Crippen molar-refractivity contribution in [2.75, 3.05) is 7.11 Å². The lowest BCUT2D eigenvalue weighted by Crippen LogP contribution is -2.32. The van der Waals surface area contributed by atoms with E-state index in [1.165, 1.54) is 13.2 Å². The zero-order chi connectivity index (χ0) is 13.8. The lowest BCUT2D eigenvalue weighted by molar-refractivity contribution is 0.402. The van der Waals surface area contributed by atoms with Crippen LogP contribution >= 0.6 is 11.6 Å². The number of hydrogen-bond acceptors (Lipinski definition) is 3. The minimum Gasteiger partial charge on any atom is -0.495 e. The topological polar surface area (TPSA) is 55.4 Å². The van der Waals surface area contributed by atoms with Gasteiger partial charge in [-0.05, 0) is 31.5 Å². The molecule has 102 valence electrons. The van der Waals surface area contributed by atoms with Crippen LogP contribution in [0.1, 0.15) is 26.7 Å². The zero-order valence-corrected chi connectivity index (χ0v) is 12.3. The van der Waals surface area contributed by atoms with Gasteiger partial charge in [-0.1, -0.05) is 24.9 Å². The summed E-state index contributed by atoms with van der Waals surface area (Å²) in [5.41, 5.74) is 0. The van der Waals surface area contributed by atoms with Crippen molar-refractivity contribution in [2.24, 2.45) is 0 Å². The van der Waals surface area contributed by atoms with Crippen LogP contribution in [-0.2, 0) is 10.0 Å². The molecule has 0 fully saturated rings. The molecule has 1 aromatic carbocycles. The van der Waals surface area contributed by atoms with Crippen LogP contribution in [0.3, 0.4) is 0 Å². The SMILES string of the molecule is CCC[C@H](C)NS(=O)(=O)c1cc(Cl)ccc1OC. The minimum absolute atomic E-state index is 0.0699. The number of rotatable bonds is 6. The summed E-state index contributed by atoms with van der Waals surface area (Å²) in [5.74, 6) is 0.288. The first-order valence-electron chi connectivity index (χ1n) is 5.76. The Morgan fingerprint density at radius 2 is 2.11 bits per heavy atom. The summed E-state index contributed by atoms with van der Waals surface area (Å²) < 4.78 is 32.1. The van der Waals surface area contributed by atoms with Gasteiger partial charge in [-0.25, -0.2) is 13.1 Å². The summed E-state index contributed by atoms with van der Waals surface area (Å²) in [6.07, 6.45) is 1.69. The van der Waals surface area contributed by atoms with Gasteiger partial charge in [-0.3, -0.25) is 0 Å². The molecule has 0 amide bonds. The quantitative estimate of drug-likeness (QED) is 0.877. The predicted octanol–water partition coefficient (Wildman–Crippen LogP) is 2.82. The lowest BCUT2D eigenvalue weighted by Gasteiger charge is -2.15. The van der Waals surface area contributed by atoms with Gasteiger partial charge >= 0.3 is 0 Å². The van der Waals surface area contributed by atoms with Gasteiger partial charge < -0.3 is 4.74 Å².